The topological polar surface area (TPSA) is 49.8 Å². The van der Waals surface area contributed by atoms with E-state index in [0.717, 1.165) is 5.56 Å². The Morgan fingerprint density at radius 1 is 1.58 bits per heavy atom. The summed E-state index contributed by atoms with van der Waals surface area (Å²) in [7, 11) is 0. The lowest BCUT2D eigenvalue weighted by molar-refractivity contribution is 0.615. The highest BCUT2D eigenvalue weighted by Crippen LogP contribution is 2.17. The van der Waals surface area contributed by atoms with Crippen molar-refractivity contribution in [3.05, 3.63) is 29.1 Å². The van der Waals surface area contributed by atoms with Gasteiger partial charge in [0.2, 0.25) is 0 Å². The first-order valence-corrected chi connectivity index (χ1v) is 3.56. The quantitative estimate of drug-likeness (QED) is 0.643. The van der Waals surface area contributed by atoms with Crippen molar-refractivity contribution in [1.82, 2.24) is 0 Å². The maximum Gasteiger partial charge on any atom is 0.129 e. The van der Waals surface area contributed by atoms with Crippen LogP contribution < -0.4 is 5.73 Å². The molecule has 0 aliphatic carbocycles. The molecule has 2 nitrogen and oxygen atoms in total. The lowest BCUT2D eigenvalue weighted by atomic mass is 10.1. The summed E-state index contributed by atoms with van der Waals surface area (Å²) >= 11 is 0. The zero-order chi connectivity index (χ0) is 9.14. The molecule has 2 N–H and O–H groups in total. The van der Waals surface area contributed by atoms with E-state index in [4.69, 9.17) is 11.0 Å². The van der Waals surface area contributed by atoms with Gasteiger partial charge in [0.1, 0.15) is 5.82 Å². The van der Waals surface area contributed by atoms with Gasteiger partial charge in [-0.3, -0.25) is 0 Å². The van der Waals surface area contributed by atoms with Crippen LogP contribution >= 0.6 is 0 Å². The number of hydrogen-bond donors (Lipinski definition) is 1. The Hall–Kier alpha value is -1.56. The van der Waals surface area contributed by atoms with E-state index < -0.39 is 5.82 Å². The van der Waals surface area contributed by atoms with E-state index >= 15 is 0 Å². The standard InChI is InChI=1S/C9H9FN2/c1-6-4-7(2-3-11)8(10)5-9(6)12/h4-5H,2,12H2,1H3. The van der Waals surface area contributed by atoms with Crippen molar-refractivity contribution in [2.75, 3.05) is 5.73 Å². The van der Waals surface area contributed by atoms with Crippen LogP contribution in [0.4, 0.5) is 10.1 Å². The molecule has 0 radical (unpaired) electrons. The van der Waals surface area contributed by atoms with E-state index in [2.05, 4.69) is 0 Å². The lowest BCUT2D eigenvalue weighted by Crippen LogP contribution is -1.95. The number of nitrogens with zero attached hydrogens (tertiary/aromatic N) is 1. The van der Waals surface area contributed by atoms with Gasteiger partial charge >= 0.3 is 0 Å². The van der Waals surface area contributed by atoms with E-state index in [9.17, 15) is 4.39 Å². The summed E-state index contributed by atoms with van der Waals surface area (Å²) in [5, 5.41) is 8.36. The van der Waals surface area contributed by atoms with Crippen molar-refractivity contribution in [2.24, 2.45) is 0 Å². The maximum atomic E-state index is 13.0. The van der Waals surface area contributed by atoms with Crippen molar-refractivity contribution >= 4 is 5.69 Å². The van der Waals surface area contributed by atoms with Gasteiger partial charge in [-0.25, -0.2) is 4.39 Å². The molecule has 62 valence electrons. The largest absolute Gasteiger partial charge is 0.398 e. The van der Waals surface area contributed by atoms with Crippen LogP contribution in [0.1, 0.15) is 11.1 Å². The lowest BCUT2D eigenvalue weighted by Gasteiger charge is -2.03. The van der Waals surface area contributed by atoms with E-state index in [1.807, 2.05) is 6.07 Å². The van der Waals surface area contributed by atoms with Crippen LogP contribution in [0.5, 0.6) is 0 Å². The Labute approximate surface area is 70.4 Å². The summed E-state index contributed by atoms with van der Waals surface area (Å²) in [6, 6.07) is 4.75. The molecule has 0 saturated heterocycles. The zero-order valence-electron chi connectivity index (χ0n) is 6.76. The molecule has 3 heteroatoms. The summed E-state index contributed by atoms with van der Waals surface area (Å²) in [4.78, 5) is 0. The molecular weight excluding hydrogens is 155 g/mol. The molecule has 0 aliphatic heterocycles. The average molecular weight is 164 g/mol. The molecule has 0 aromatic heterocycles. The number of nitrogens with two attached hydrogens (primary N) is 1. The van der Waals surface area contributed by atoms with Gasteiger partial charge in [0.05, 0.1) is 12.5 Å². The Morgan fingerprint density at radius 3 is 2.83 bits per heavy atom. The zero-order valence-corrected chi connectivity index (χ0v) is 6.76. The van der Waals surface area contributed by atoms with Crippen LogP contribution in [-0.2, 0) is 6.42 Å². The smallest absolute Gasteiger partial charge is 0.129 e. The predicted octanol–water partition coefficient (Wildman–Crippen LogP) is 1.78. The number of anilines is 1. The minimum absolute atomic E-state index is 0.0902. The molecule has 0 aliphatic rings. The fourth-order valence-corrected chi connectivity index (χ4v) is 0.977. The summed E-state index contributed by atoms with van der Waals surface area (Å²) in [6.45, 7) is 1.79. The first kappa shape index (κ1) is 8.54. The molecule has 0 unspecified atom stereocenters. The number of rotatable bonds is 1. The third-order valence-corrected chi connectivity index (χ3v) is 1.70. The van der Waals surface area contributed by atoms with Crippen LogP contribution in [0.15, 0.2) is 12.1 Å². The van der Waals surface area contributed by atoms with Crippen LogP contribution in [0.2, 0.25) is 0 Å². The molecule has 1 rings (SSSR count). The minimum atomic E-state index is -0.403. The summed E-state index contributed by atoms with van der Waals surface area (Å²) in [5.74, 6) is -0.403. The number of aryl methyl sites for hydroxylation is 1. The molecule has 0 bridgehead atoms. The van der Waals surface area contributed by atoms with Gasteiger partial charge in [-0.1, -0.05) is 6.07 Å². The summed E-state index contributed by atoms with van der Waals surface area (Å²) in [5.41, 5.74) is 7.10. The molecule has 1 aromatic carbocycles. The van der Waals surface area contributed by atoms with E-state index in [-0.39, 0.29) is 6.42 Å². The number of nitriles is 1. The number of benzene rings is 1. The van der Waals surface area contributed by atoms with Gasteiger partial charge in [0.15, 0.2) is 0 Å². The highest BCUT2D eigenvalue weighted by molar-refractivity contribution is 5.48. The minimum Gasteiger partial charge on any atom is -0.398 e. The average Bonchev–Trinajstić information content (AvgIpc) is 2.01. The Balaban J connectivity index is 3.16. The Bertz CT molecular complexity index is 339. The third-order valence-electron chi connectivity index (χ3n) is 1.70. The molecule has 0 spiro atoms. The van der Waals surface area contributed by atoms with Crippen molar-refractivity contribution in [3.8, 4) is 6.07 Å². The molecule has 0 atom stereocenters. The van der Waals surface area contributed by atoms with Crippen LogP contribution in [-0.4, -0.2) is 0 Å². The molecule has 0 fully saturated rings. The molecule has 12 heavy (non-hydrogen) atoms. The van der Waals surface area contributed by atoms with E-state index in [0.29, 0.717) is 11.3 Å². The van der Waals surface area contributed by atoms with Crippen molar-refractivity contribution in [2.45, 2.75) is 13.3 Å². The van der Waals surface area contributed by atoms with Gasteiger partial charge in [0.25, 0.3) is 0 Å². The summed E-state index contributed by atoms with van der Waals surface area (Å²) < 4.78 is 13.0. The highest BCUT2D eigenvalue weighted by atomic mass is 19.1. The molecule has 0 saturated carbocycles. The Kier molecular flexibility index (Phi) is 2.29. The van der Waals surface area contributed by atoms with Crippen LogP contribution in [0, 0.1) is 24.1 Å². The van der Waals surface area contributed by atoms with Crippen molar-refractivity contribution in [1.29, 1.82) is 5.26 Å². The van der Waals surface area contributed by atoms with Crippen LogP contribution in [0.25, 0.3) is 0 Å². The van der Waals surface area contributed by atoms with Gasteiger partial charge in [-0.05, 0) is 18.6 Å². The van der Waals surface area contributed by atoms with E-state index in [1.54, 1.807) is 13.0 Å². The second-order valence-electron chi connectivity index (χ2n) is 2.64. The van der Waals surface area contributed by atoms with Gasteiger partial charge < -0.3 is 5.73 Å². The van der Waals surface area contributed by atoms with Crippen molar-refractivity contribution < 1.29 is 4.39 Å². The maximum absolute atomic E-state index is 13.0. The predicted molar refractivity (Wildman–Crippen MR) is 44.9 cm³/mol. The Morgan fingerprint density at radius 2 is 2.25 bits per heavy atom. The van der Waals surface area contributed by atoms with Crippen molar-refractivity contribution in [3.63, 3.8) is 0 Å². The normalized spacial score (nSPS) is 9.42. The molecule has 0 amide bonds. The van der Waals surface area contributed by atoms with Crippen LogP contribution in [0.3, 0.4) is 0 Å². The molecule has 0 heterocycles. The SMILES string of the molecule is Cc1cc(CC#N)c(F)cc1N. The molecule has 1 aromatic rings. The fourth-order valence-electron chi connectivity index (χ4n) is 0.977. The first-order valence-electron chi connectivity index (χ1n) is 3.56. The summed E-state index contributed by atoms with van der Waals surface area (Å²) in [6.07, 6.45) is 0.0902. The second kappa shape index (κ2) is 3.22. The van der Waals surface area contributed by atoms with Gasteiger partial charge in [-0.15, -0.1) is 0 Å². The monoisotopic (exact) mass is 164 g/mol. The van der Waals surface area contributed by atoms with Gasteiger partial charge in [0, 0.05) is 11.3 Å². The number of hydrogen-bond acceptors (Lipinski definition) is 2. The number of nitrogen functional groups attached to an aromatic ring is 1. The molecular formula is C9H9FN2. The number of halogens is 1. The van der Waals surface area contributed by atoms with E-state index in [1.165, 1.54) is 6.07 Å². The first-order chi connectivity index (χ1) is 5.65. The highest BCUT2D eigenvalue weighted by Gasteiger charge is 2.04. The van der Waals surface area contributed by atoms with Gasteiger partial charge in [-0.2, -0.15) is 5.26 Å². The fraction of sp³-hybridized carbons (Fsp3) is 0.222. The second-order valence-corrected chi connectivity index (χ2v) is 2.64. The third kappa shape index (κ3) is 1.54.